The fourth-order valence-electron chi connectivity index (χ4n) is 3.27. The number of para-hydroxylation sites is 1. The summed E-state index contributed by atoms with van der Waals surface area (Å²) in [6, 6.07) is 14.6. The first-order valence-electron chi connectivity index (χ1n) is 8.98. The van der Waals surface area contributed by atoms with Crippen LogP contribution in [0.5, 0.6) is 0 Å². The molecule has 0 bridgehead atoms. The number of esters is 1. The van der Waals surface area contributed by atoms with Gasteiger partial charge in [0.25, 0.3) is 5.56 Å². The molecule has 7 heteroatoms. The van der Waals surface area contributed by atoms with Gasteiger partial charge < -0.3 is 4.74 Å². The van der Waals surface area contributed by atoms with Crippen LogP contribution >= 0.6 is 0 Å². The highest BCUT2D eigenvalue weighted by Crippen LogP contribution is 2.24. The van der Waals surface area contributed by atoms with Gasteiger partial charge in [-0.1, -0.05) is 42.5 Å². The molecule has 0 aliphatic rings. The maximum atomic E-state index is 12.8. The van der Waals surface area contributed by atoms with Crippen molar-refractivity contribution in [3.8, 4) is 0 Å². The largest absolute Gasteiger partial charge is 0.438 e. The van der Waals surface area contributed by atoms with Crippen molar-refractivity contribution in [2.75, 3.05) is 0 Å². The number of ether oxygens (including phenoxy) is 1. The molecule has 0 N–H and O–H groups in total. The van der Waals surface area contributed by atoms with E-state index in [1.807, 2.05) is 38.1 Å². The predicted octanol–water partition coefficient (Wildman–Crippen LogP) is 3.03. The molecule has 0 fully saturated rings. The van der Waals surface area contributed by atoms with E-state index in [2.05, 4.69) is 15.3 Å². The molecule has 0 atom stereocenters. The third kappa shape index (κ3) is 3.00. The molecule has 0 aliphatic heterocycles. The number of carbonyl (C=O) groups excluding carboxylic acids is 1. The molecule has 2 aromatic heterocycles. The van der Waals surface area contributed by atoms with Crippen molar-refractivity contribution < 1.29 is 9.53 Å². The van der Waals surface area contributed by atoms with Gasteiger partial charge in [0.2, 0.25) is 0 Å². The molecule has 4 rings (SSSR count). The number of nitrogens with zero attached hydrogens (tertiary/aromatic N) is 4. The average Bonchev–Trinajstić information content (AvgIpc) is 2.73. The molecule has 0 spiro atoms. The van der Waals surface area contributed by atoms with Gasteiger partial charge in [-0.15, -0.1) is 5.10 Å². The van der Waals surface area contributed by atoms with Crippen molar-refractivity contribution in [2.45, 2.75) is 27.0 Å². The Bertz CT molecular complexity index is 1260. The predicted molar refractivity (Wildman–Crippen MR) is 105 cm³/mol. The number of fused-ring (bicyclic) bond motifs is 2. The SMILES string of the molecule is CCc1nc2ccccc2c(C)c1C(=O)OCn1nnc2ccccc2c1=O. The highest BCUT2D eigenvalue weighted by molar-refractivity contribution is 5.98. The number of pyridine rings is 1. The molecule has 0 aliphatic carbocycles. The quantitative estimate of drug-likeness (QED) is 0.510. The lowest BCUT2D eigenvalue weighted by Gasteiger charge is -2.13. The summed E-state index contributed by atoms with van der Waals surface area (Å²) < 4.78 is 6.44. The van der Waals surface area contributed by atoms with Crippen LogP contribution in [0, 0.1) is 6.92 Å². The minimum Gasteiger partial charge on any atom is -0.438 e. The van der Waals surface area contributed by atoms with Gasteiger partial charge in [0.15, 0.2) is 6.73 Å². The molecule has 2 aromatic carbocycles. The lowest BCUT2D eigenvalue weighted by Crippen LogP contribution is -2.27. The van der Waals surface area contributed by atoms with Crippen molar-refractivity contribution in [1.29, 1.82) is 0 Å². The van der Waals surface area contributed by atoms with Crippen LogP contribution in [0.3, 0.4) is 0 Å². The topological polar surface area (TPSA) is 87.0 Å². The van der Waals surface area contributed by atoms with Gasteiger partial charge in [0, 0.05) is 5.39 Å². The number of aryl methyl sites for hydroxylation is 2. The number of benzene rings is 2. The van der Waals surface area contributed by atoms with Crippen molar-refractivity contribution >= 4 is 27.8 Å². The maximum absolute atomic E-state index is 12.8. The van der Waals surface area contributed by atoms with Gasteiger partial charge in [-0.3, -0.25) is 9.78 Å². The van der Waals surface area contributed by atoms with E-state index in [-0.39, 0.29) is 12.3 Å². The Morgan fingerprint density at radius 2 is 1.71 bits per heavy atom. The Morgan fingerprint density at radius 3 is 2.46 bits per heavy atom. The molecule has 7 nitrogen and oxygen atoms in total. The molecule has 0 unspecified atom stereocenters. The maximum Gasteiger partial charge on any atom is 0.342 e. The fourth-order valence-corrected chi connectivity index (χ4v) is 3.27. The molecule has 0 radical (unpaired) electrons. The minimum absolute atomic E-state index is 0.315. The monoisotopic (exact) mass is 374 g/mol. The molecule has 0 amide bonds. The second kappa shape index (κ2) is 7.19. The van der Waals surface area contributed by atoms with Crippen LogP contribution in [0.25, 0.3) is 21.8 Å². The van der Waals surface area contributed by atoms with Crippen LogP contribution in [0.1, 0.15) is 28.5 Å². The number of aromatic nitrogens is 4. The van der Waals surface area contributed by atoms with E-state index in [1.54, 1.807) is 24.3 Å². The van der Waals surface area contributed by atoms with Gasteiger partial charge in [0.05, 0.1) is 22.2 Å². The van der Waals surface area contributed by atoms with Crippen LogP contribution < -0.4 is 5.56 Å². The summed E-state index contributed by atoms with van der Waals surface area (Å²) in [5, 5.41) is 9.16. The molecule has 0 saturated carbocycles. The zero-order valence-corrected chi connectivity index (χ0v) is 15.5. The summed E-state index contributed by atoms with van der Waals surface area (Å²) >= 11 is 0. The summed E-state index contributed by atoms with van der Waals surface area (Å²) in [5.41, 5.74) is 2.89. The lowest BCUT2D eigenvalue weighted by atomic mass is 10.0. The number of hydrogen-bond donors (Lipinski definition) is 0. The van der Waals surface area contributed by atoms with E-state index in [0.717, 1.165) is 21.1 Å². The third-order valence-corrected chi connectivity index (χ3v) is 4.71. The van der Waals surface area contributed by atoms with Gasteiger partial charge in [-0.25, -0.2) is 4.79 Å². The molecule has 4 aromatic rings. The molecule has 140 valence electrons. The van der Waals surface area contributed by atoms with Crippen molar-refractivity contribution in [3.05, 3.63) is 75.7 Å². The number of carbonyl (C=O) groups is 1. The van der Waals surface area contributed by atoms with Crippen molar-refractivity contribution in [1.82, 2.24) is 20.0 Å². The van der Waals surface area contributed by atoms with Crippen molar-refractivity contribution in [2.24, 2.45) is 0 Å². The Labute approximate surface area is 160 Å². The molecular weight excluding hydrogens is 356 g/mol. The summed E-state index contributed by atoms with van der Waals surface area (Å²) in [6.07, 6.45) is 0.589. The first-order chi connectivity index (χ1) is 13.6. The van der Waals surface area contributed by atoms with Gasteiger partial charge in [-0.05, 0) is 37.1 Å². The van der Waals surface area contributed by atoms with E-state index in [0.29, 0.717) is 28.6 Å². The van der Waals surface area contributed by atoms with E-state index in [9.17, 15) is 9.59 Å². The van der Waals surface area contributed by atoms with Crippen LogP contribution in [-0.2, 0) is 17.9 Å². The van der Waals surface area contributed by atoms with E-state index in [4.69, 9.17) is 4.74 Å². The Kier molecular flexibility index (Phi) is 4.57. The summed E-state index contributed by atoms with van der Waals surface area (Å²) in [4.78, 5) is 29.9. The summed E-state index contributed by atoms with van der Waals surface area (Å²) in [7, 11) is 0. The Morgan fingerprint density at radius 1 is 1.04 bits per heavy atom. The smallest absolute Gasteiger partial charge is 0.342 e. The van der Waals surface area contributed by atoms with Gasteiger partial charge >= 0.3 is 5.97 Å². The first-order valence-corrected chi connectivity index (χ1v) is 8.98. The van der Waals surface area contributed by atoms with Crippen LogP contribution in [0.15, 0.2) is 53.3 Å². The standard InChI is InChI=1S/C21H18N4O3/c1-3-16-19(13(2)14-8-4-6-10-17(14)22-16)21(27)28-12-25-20(26)15-9-5-7-11-18(15)23-24-25/h4-11H,3,12H2,1-2H3. The van der Waals surface area contributed by atoms with E-state index >= 15 is 0 Å². The Balaban J connectivity index is 1.67. The second-order valence-corrected chi connectivity index (χ2v) is 6.40. The molecule has 2 heterocycles. The van der Waals surface area contributed by atoms with Crippen molar-refractivity contribution in [3.63, 3.8) is 0 Å². The lowest BCUT2D eigenvalue weighted by molar-refractivity contribution is 0.0333. The normalized spacial score (nSPS) is 11.1. The molecular formula is C21H18N4O3. The Hall–Kier alpha value is -3.61. The zero-order valence-electron chi connectivity index (χ0n) is 15.5. The molecule has 0 saturated heterocycles. The van der Waals surface area contributed by atoms with Crippen LogP contribution in [0.2, 0.25) is 0 Å². The average molecular weight is 374 g/mol. The minimum atomic E-state index is -0.533. The first kappa shape index (κ1) is 17.8. The summed E-state index contributed by atoms with van der Waals surface area (Å²) in [5.74, 6) is -0.533. The van der Waals surface area contributed by atoms with E-state index < -0.39 is 5.97 Å². The highest BCUT2D eigenvalue weighted by Gasteiger charge is 2.19. The van der Waals surface area contributed by atoms with Crippen LogP contribution in [0.4, 0.5) is 0 Å². The summed E-state index contributed by atoms with van der Waals surface area (Å²) in [6.45, 7) is 3.50. The fraction of sp³-hybridized carbons (Fsp3) is 0.190. The molecule has 28 heavy (non-hydrogen) atoms. The highest BCUT2D eigenvalue weighted by atomic mass is 16.5. The van der Waals surface area contributed by atoms with Gasteiger partial charge in [0.1, 0.15) is 5.52 Å². The zero-order chi connectivity index (χ0) is 19.7. The number of hydrogen-bond acceptors (Lipinski definition) is 6. The number of rotatable bonds is 4. The van der Waals surface area contributed by atoms with Crippen LogP contribution in [-0.4, -0.2) is 25.9 Å². The second-order valence-electron chi connectivity index (χ2n) is 6.40. The van der Waals surface area contributed by atoms with E-state index in [1.165, 1.54) is 0 Å². The van der Waals surface area contributed by atoms with Gasteiger partial charge in [-0.2, -0.15) is 4.68 Å². The third-order valence-electron chi connectivity index (χ3n) is 4.71.